The highest BCUT2D eigenvalue weighted by Crippen LogP contribution is 2.41. The van der Waals surface area contributed by atoms with E-state index in [-0.39, 0.29) is 21.5 Å². The normalized spacial score (nSPS) is 13.6. The van der Waals surface area contributed by atoms with Crippen molar-refractivity contribution in [3.8, 4) is 22.3 Å². The molecule has 276 valence electrons. The molecule has 8 nitrogen and oxygen atoms in total. The number of alkyl halides is 3. The van der Waals surface area contributed by atoms with Crippen LogP contribution in [0, 0.1) is 30.3 Å². The first-order chi connectivity index (χ1) is 25.1. The van der Waals surface area contributed by atoms with Gasteiger partial charge in [0.1, 0.15) is 39.6 Å². The molecule has 7 rings (SSSR count). The zero-order valence-electron chi connectivity index (χ0n) is 27.6. The second kappa shape index (κ2) is 15.5. The number of amides is 1. The maximum atomic E-state index is 14.5. The summed E-state index contributed by atoms with van der Waals surface area (Å²) in [5, 5.41) is 7.43. The summed E-state index contributed by atoms with van der Waals surface area (Å²) in [7, 11) is 0. The van der Waals surface area contributed by atoms with Gasteiger partial charge in [0, 0.05) is 36.5 Å². The van der Waals surface area contributed by atoms with Gasteiger partial charge in [0.15, 0.2) is 5.69 Å². The van der Waals surface area contributed by atoms with Gasteiger partial charge in [0.25, 0.3) is 11.7 Å². The lowest BCUT2D eigenvalue weighted by atomic mass is 9.98. The fourth-order valence-corrected chi connectivity index (χ4v) is 7.16. The highest BCUT2D eigenvalue weighted by molar-refractivity contribution is 7.13. The van der Waals surface area contributed by atoms with Crippen LogP contribution in [0.15, 0.2) is 60.9 Å². The number of aryl methyl sites for hydroxylation is 1. The summed E-state index contributed by atoms with van der Waals surface area (Å²) in [6, 6.07) is 12.9. The Morgan fingerprint density at radius 1 is 0.925 bits per heavy atom. The molecule has 1 saturated heterocycles. The van der Waals surface area contributed by atoms with Gasteiger partial charge in [-0.05, 0) is 49.4 Å². The third-order valence-corrected chi connectivity index (χ3v) is 10.3. The summed E-state index contributed by atoms with van der Waals surface area (Å²) < 4.78 is 83.1. The number of nitrogens with one attached hydrogen (secondary N) is 1. The SMILES string of the molecule is CC1CCN(c2c(-c3c(F)cc(F)cc3F)c(Cl)nc3ncnn23)CC1.Cc1nc(C(F)(F)F)c(C(=O)Nc2ccccc2-c2ccc(Cl)c(Cl)c2)s1. The molecular formula is C35H26Cl3F6N7OS. The van der Waals surface area contributed by atoms with Gasteiger partial charge in [-0.25, -0.2) is 18.2 Å². The van der Waals surface area contributed by atoms with Crippen molar-refractivity contribution in [1.82, 2.24) is 24.6 Å². The number of hydrogen-bond acceptors (Lipinski definition) is 7. The van der Waals surface area contributed by atoms with E-state index in [1.807, 2.05) is 4.90 Å². The molecule has 0 aliphatic carbocycles. The van der Waals surface area contributed by atoms with Gasteiger partial charge in [-0.15, -0.1) is 11.3 Å². The number of carbonyl (C=O) groups excluding carboxylic acids is 1. The summed E-state index contributed by atoms with van der Waals surface area (Å²) in [6.45, 7) is 4.92. The lowest BCUT2D eigenvalue weighted by Crippen LogP contribution is -2.35. The van der Waals surface area contributed by atoms with Crippen molar-refractivity contribution in [3.63, 3.8) is 0 Å². The van der Waals surface area contributed by atoms with Crippen LogP contribution < -0.4 is 10.2 Å². The molecule has 1 fully saturated rings. The number of hydrogen-bond donors (Lipinski definition) is 1. The maximum Gasteiger partial charge on any atom is 0.435 e. The van der Waals surface area contributed by atoms with E-state index in [1.165, 1.54) is 17.8 Å². The highest BCUT2D eigenvalue weighted by atomic mass is 35.5. The molecule has 0 radical (unpaired) electrons. The Balaban J connectivity index is 0.000000181. The lowest BCUT2D eigenvalue weighted by Gasteiger charge is -2.33. The van der Waals surface area contributed by atoms with Crippen LogP contribution in [0.3, 0.4) is 0 Å². The smallest absolute Gasteiger partial charge is 0.356 e. The fraction of sp³-hybridized carbons (Fsp3) is 0.229. The van der Waals surface area contributed by atoms with Crippen molar-refractivity contribution < 1.29 is 31.1 Å². The third-order valence-electron chi connectivity index (χ3n) is 8.31. The predicted octanol–water partition coefficient (Wildman–Crippen LogP) is 10.8. The lowest BCUT2D eigenvalue weighted by molar-refractivity contribution is -0.141. The zero-order chi connectivity index (χ0) is 38.2. The van der Waals surface area contributed by atoms with Crippen molar-refractivity contribution >= 4 is 69.3 Å². The van der Waals surface area contributed by atoms with E-state index in [1.54, 1.807) is 42.5 Å². The molecule has 0 spiro atoms. The van der Waals surface area contributed by atoms with E-state index in [4.69, 9.17) is 34.8 Å². The number of piperidine rings is 1. The molecular weight excluding hydrogens is 787 g/mol. The van der Waals surface area contributed by atoms with E-state index in [2.05, 4.69) is 32.3 Å². The number of nitrogens with zero attached hydrogens (tertiary/aromatic N) is 6. The Morgan fingerprint density at radius 3 is 2.26 bits per heavy atom. The average molecular weight is 813 g/mol. The average Bonchev–Trinajstić information content (AvgIpc) is 3.73. The molecule has 6 aromatic rings. The fourth-order valence-electron chi connectivity index (χ4n) is 5.77. The molecule has 3 aromatic carbocycles. The van der Waals surface area contributed by atoms with Crippen molar-refractivity contribution in [1.29, 1.82) is 0 Å². The molecule has 0 atom stereocenters. The summed E-state index contributed by atoms with van der Waals surface area (Å²) in [5.41, 5.74) is 0.0507. The van der Waals surface area contributed by atoms with Crippen molar-refractivity contribution in [3.05, 3.63) is 109 Å². The predicted molar refractivity (Wildman–Crippen MR) is 193 cm³/mol. The minimum atomic E-state index is -4.71. The van der Waals surface area contributed by atoms with Crippen LogP contribution >= 0.6 is 46.1 Å². The third kappa shape index (κ3) is 8.22. The molecule has 53 heavy (non-hydrogen) atoms. The molecule has 18 heteroatoms. The van der Waals surface area contributed by atoms with Crippen molar-refractivity contribution in [2.45, 2.75) is 32.9 Å². The van der Waals surface area contributed by atoms with Crippen LogP contribution in [0.2, 0.25) is 15.2 Å². The van der Waals surface area contributed by atoms with E-state index in [0.717, 1.165) is 12.8 Å². The van der Waals surface area contributed by atoms with Crippen LogP contribution in [0.4, 0.5) is 37.8 Å². The minimum Gasteiger partial charge on any atom is -0.356 e. The molecule has 0 unspecified atom stereocenters. The number of halogens is 9. The Bertz CT molecular complexity index is 2300. The first-order valence-corrected chi connectivity index (χ1v) is 17.8. The van der Waals surface area contributed by atoms with Crippen LogP contribution in [-0.2, 0) is 6.18 Å². The number of rotatable bonds is 5. The number of anilines is 2. The topological polar surface area (TPSA) is 88.3 Å². The number of thiazole rings is 1. The van der Waals surface area contributed by atoms with E-state index < -0.39 is 45.7 Å². The number of para-hydroxylation sites is 1. The number of aromatic nitrogens is 5. The number of fused-ring (bicyclic) bond motifs is 1. The first-order valence-electron chi connectivity index (χ1n) is 15.8. The molecule has 0 bridgehead atoms. The Labute approximate surface area is 317 Å². The minimum absolute atomic E-state index is 0.0502. The monoisotopic (exact) mass is 811 g/mol. The highest BCUT2D eigenvalue weighted by Gasteiger charge is 2.39. The van der Waals surface area contributed by atoms with E-state index in [9.17, 15) is 31.1 Å². The molecule has 1 N–H and O–H groups in total. The number of carbonyl (C=O) groups is 1. The van der Waals surface area contributed by atoms with Gasteiger partial charge < -0.3 is 10.2 Å². The Hall–Kier alpha value is -4.44. The maximum absolute atomic E-state index is 14.5. The Morgan fingerprint density at radius 2 is 1.60 bits per heavy atom. The van der Waals surface area contributed by atoms with Crippen LogP contribution in [0.25, 0.3) is 28.0 Å². The quantitative estimate of drug-likeness (QED) is 0.138. The molecule has 0 saturated carbocycles. The van der Waals surface area contributed by atoms with Gasteiger partial charge >= 0.3 is 6.18 Å². The summed E-state index contributed by atoms with van der Waals surface area (Å²) in [6.07, 6.45) is -1.57. The van der Waals surface area contributed by atoms with Gasteiger partial charge in [0.2, 0.25) is 0 Å². The molecule has 1 amide bonds. The van der Waals surface area contributed by atoms with Crippen molar-refractivity contribution in [2.24, 2.45) is 5.92 Å². The van der Waals surface area contributed by atoms with Crippen molar-refractivity contribution in [2.75, 3.05) is 23.3 Å². The molecule has 1 aliphatic heterocycles. The summed E-state index contributed by atoms with van der Waals surface area (Å²) in [4.78, 5) is 25.6. The molecule has 4 heterocycles. The van der Waals surface area contributed by atoms with Gasteiger partial charge in [-0.3, -0.25) is 4.79 Å². The molecule has 3 aromatic heterocycles. The van der Waals surface area contributed by atoms with Gasteiger partial charge in [-0.2, -0.15) is 32.8 Å². The molecule has 1 aliphatic rings. The second-order valence-electron chi connectivity index (χ2n) is 12.0. The Kier molecular flexibility index (Phi) is 11.2. The largest absolute Gasteiger partial charge is 0.435 e. The summed E-state index contributed by atoms with van der Waals surface area (Å²) in [5.74, 6) is -2.76. The zero-order valence-corrected chi connectivity index (χ0v) is 30.7. The summed E-state index contributed by atoms with van der Waals surface area (Å²) >= 11 is 18.9. The number of benzene rings is 3. The standard InChI is InChI=1S/C18H11Cl2F3N2OS.C17H15ClF3N5/c1-9-24-16(18(21,22)23)15(27-9)17(26)25-14-5-3-2-4-11(14)10-6-7-12(19)13(20)8-10;1-9-2-4-25(5-3-9)16-14(13-11(20)6-10(19)7-12(13)21)15(18)24-17-22-8-23-26(16)17/h2-8H,1H3,(H,25,26);6-9H,2-5H2,1H3. The van der Waals surface area contributed by atoms with Crippen LogP contribution in [-0.4, -0.2) is 43.6 Å². The van der Waals surface area contributed by atoms with Crippen LogP contribution in [0.5, 0.6) is 0 Å². The second-order valence-corrected chi connectivity index (χ2v) is 14.4. The van der Waals surface area contributed by atoms with E-state index >= 15 is 0 Å². The van der Waals surface area contributed by atoms with E-state index in [0.29, 0.717) is 75.2 Å². The van der Waals surface area contributed by atoms with Gasteiger partial charge in [-0.1, -0.05) is 66.0 Å². The van der Waals surface area contributed by atoms with Crippen LogP contribution in [0.1, 0.15) is 40.1 Å². The first kappa shape index (κ1) is 38.3. The van der Waals surface area contributed by atoms with Gasteiger partial charge in [0.05, 0.1) is 26.2 Å².